The predicted octanol–water partition coefficient (Wildman–Crippen LogP) is 0.600. The zero-order chi connectivity index (χ0) is 15.5. The number of sulfone groups is 1. The van der Waals surface area contributed by atoms with E-state index in [0.717, 1.165) is 17.9 Å². The highest BCUT2D eigenvalue weighted by molar-refractivity contribution is 7.91. The van der Waals surface area contributed by atoms with E-state index in [0.29, 0.717) is 25.1 Å². The van der Waals surface area contributed by atoms with E-state index in [-0.39, 0.29) is 17.3 Å². The fraction of sp³-hybridized carbons (Fsp3) is 0.500. The quantitative estimate of drug-likeness (QED) is 0.627. The van der Waals surface area contributed by atoms with Crippen LogP contribution in [-0.4, -0.2) is 50.9 Å². The number of nitrogens with zero attached hydrogens (tertiary/aromatic N) is 1. The Morgan fingerprint density at radius 3 is 2.81 bits per heavy atom. The van der Waals surface area contributed by atoms with Crippen LogP contribution in [0.5, 0.6) is 5.75 Å². The maximum Gasteiger partial charge on any atom is 0.151 e. The highest BCUT2D eigenvalue weighted by atomic mass is 32.2. The minimum Gasteiger partial charge on any atom is -0.496 e. The van der Waals surface area contributed by atoms with Crippen LogP contribution in [0.4, 0.5) is 0 Å². The van der Waals surface area contributed by atoms with Gasteiger partial charge in [0, 0.05) is 24.2 Å². The van der Waals surface area contributed by atoms with Gasteiger partial charge in [-0.15, -0.1) is 0 Å². The summed E-state index contributed by atoms with van der Waals surface area (Å²) in [5.74, 6) is 1.19. The molecule has 0 radical (unpaired) electrons. The minimum absolute atomic E-state index is 0.0114. The molecule has 21 heavy (non-hydrogen) atoms. The molecule has 3 N–H and O–H groups in total. The van der Waals surface area contributed by atoms with Crippen molar-refractivity contribution in [3.63, 3.8) is 0 Å². The van der Waals surface area contributed by atoms with Crippen LogP contribution in [0.25, 0.3) is 0 Å². The van der Waals surface area contributed by atoms with E-state index < -0.39 is 9.84 Å². The van der Waals surface area contributed by atoms with Gasteiger partial charge in [-0.25, -0.2) is 8.42 Å². The third-order valence-corrected chi connectivity index (χ3v) is 5.35. The van der Waals surface area contributed by atoms with Gasteiger partial charge in [0.25, 0.3) is 0 Å². The Bertz CT molecular complexity index is 628. The van der Waals surface area contributed by atoms with Crippen molar-refractivity contribution in [2.24, 2.45) is 5.73 Å². The average molecular weight is 311 g/mol. The predicted molar refractivity (Wildman–Crippen MR) is 82.6 cm³/mol. The lowest BCUT2D eigenvalue weighted by molar-refractivity contribution is 0.281. The highest BCUT2D eigenvalue weighted by Gasteiger charge is 2.20. The van der Waals surface area contributed by atoms with Crippen molar-refractivity contribution in [2.75, 3.05) is 31.7 Å². The summed E-state index contributed by atoms with van der Waals surface area (Å²) in [5, 5.41) is 7.51. The average Bonchev–Trinajstić information content (AvgIpc) is 2.60. The molecular weight excluding hydrogens is 290 g/mol. The third kappa shape index (κ3) is 4.18. The van der Waals surface area contributed by atoms with Gasteiger partial charge in [0.1, 0.15) is 11.6 Å². The van der Waals surface area contributed by atoms with Gasteiger partial charge in [-0.1, -0.05) is 0 Å². The molecule has 6 nitrogen and oxygen atoms in total. The number of amidine groups is 1. The molecule has 1 aliphatic rings. The summed E-state index contributed by atoms with van der Waals surface area (Å²) in [4.78, 5) is 2.10. The van der Waals surface area contributed by atoms with Crippen LogP contribution in [-0.2, 0) is 16.4 Å². The van der Waals surface area contributed by atoms with Crippen molar-refractivity contribution in [3.8, 4) is 5.75 Å². The van der Waals surface area contributed by atoms with E-state index in [4.69, 9.17) is 15.9 Å². The molecule has 1 aromatic rings. The number of hydrogen-bond acceptors (Lipinski definition) is 5. The van der Waals surface area contributed by atoms with Gasteiger partial charge in [0.05, 0.1) is 18.6 Å². The van der Waals surface area contributed by atoms with Crippen LogP contribution in [0.3, 0.4) is 0 Å². The molecule has 7 heteroatoms. The first-order valence-electron chi connectivity index (χ1n) is 6.85. The van der Waals surface area contributed by atoms with E-state index in [1.807, 2.05) is 6.07 Å². The molecule has 1 saturated heterocycles. The number of hydrogen-bond donors (Lipinski definition) is 2. The summed E-state index contributed by atoms with van der Waals surface area (Å²) in [6, 6.07) is 5.37. The second kappa shape index (κ2) is 6.44. The van der Waals surface area contributed by atoms with E-state index in [1.165, 1.54) is 0 Å². The van der Waals surface area contributed by atoms with E-state index in [2.05, 4.69) is 4.90 Å². The summed E-state index contributed by atoms with van der Waals surface area (Å²) in [6.45, 7) is 1.86. The first kappa shape index (κ1) is 15.8. The van der Waals surface area contributed by atoms with Crippen molar-refractivity contribution in [3.05, 3.63) is 29.3 Å². The number of rotatable bonds is 4. The Labute approximate surface area is 125 Å². The number of nitrogens with one attached hydrogen (secondary N) is 1. The molecule has 0 aromatic heterocycles. The highest BCUT2D eigenvalue weighted by Crippen LogP contribution is 2.22. The molecule has 0 spiro atoms. The first-order chi connectivity index (χ1) is 9.91. The number of nitrogen functional groups attached to an aromatic ring is 1. The Morgan fingerprint density at radius 1 is 1.38 bits per heavy atom. The summed E-state index contributed by atoms with van der Waals surface area (Å²) in [5.41, 5.74) is 7.08. The molecule has 0 aliphatic carbocycles. The Morgan fingerprint density at radius 2 is 2.14 bits per heavy atom. The van der Waals surface area contributed by atoms with E-state index in [9.17, 15) is 8.42 Å². The lowest BCUT2D eigenvalue weighted by Crippen LogP contribution is -2.27. The summed E-state index contributed by atoms with van der Waals surface area (Å²) < 4.78 is 28.6. The van der Waals surface area contributed by atoms with Crippen LogP contribution in [0, 0.1) is 5.41 Å². The SMILES string of the molecule is COc1ccc(C(=N)N)cc1CN1CCCS(=O)(=O)CC1. The van der Waals surface area contributed by atoms with E-state index >= 15 is 0 Å². The van der Waals surface area contributed by atoms with Gasteiger partial charge in [-0.05, 0) is 31.2 Å². The smallest absolute Gasteiger partial charge is 0.151 e. The van der Waals surface area contributed by atoms with Crippen molar-refractivity contribution >= 4 is 15.7 Å². The number of benzene rings is 1. The molecule has 0 atom stereocenters. The van der Waals surface area contributed by atoms with Gasteiger partial charge < -0.3 is 10.5 Å². The fourth-order valence-electron chi connectivity index (χ4n) is 2.46. The molecular formula is C14H21N3O3S. The molecule has 0 bridgehead atoms. The monoisotopic (exact) mass is 311 g/mol. The molecule has 0 amide bonds. The van der Waals surface area contributed by atoms with E-state index in [1.54, 1.807) is 19.2 Å². The first-order valence-corrected chi connectivity index (χ1v) is 8.67. The third-order valence-electron chi connectivity index (χ3n) is 3.63. The van der Waals surface area contributed by atoms with Crippen molar-refractivity contribution in [2.45, 2.75) is 13.0 Å². The van der Waals surface area contributed by atoms with Crippen molar-refractivity contribution in [1.82, 2.24) is 4.90 Å². The molecule has 1 aliphatic heterocycles. The topological polar surface area (TPSA) is 96.5 Å². The van der Waals surface area contributed by atoms with Gasteiger partial charge in [-0.2, -0.15) is 0 Å². The number of methoxy groups -OCH3 is 1. The Hall–Kier alpha value is -1.60. The molecule has 1 fully saturated rings. The second-order valence-electron chi connectivity index (χ2n) is 5.22. The van der Waals surface area contributed by atoms with Gasteiger partial charge in [-0.3, -0.25) is 10.3 Å². The lowest BCUT2D eigenvalue weighted by atomic mass is 10.1. The normalized spacial score (nSPS) is 18.9. The number of nitrogens with two attached hydrogens (primary N) is 1. The lowest BCUT2D eigenvalue weighted by Gasteiger charge is -2.21. The van der Waals surface area contributed by atoms with Crippen LogP contribution in [0.15, 0.2) is 18.2 Å². The second-order valence-corrected chi connectivity index (χ2v) is 7.53. The molecule has 116 valence electrons. The Balaban J connectivity index is 2.18. The zero-order valence-electron chi connectivity index (χ0n) is 12.1. The van der Waals surface area contributed by atoms with Crippen LogP contribution >= 0.6 is 0 Å². The molecule has 0 saturated carbocycles. The Kier molecular flexibility index (Phi) is 4.84. The molecule has 1 aromatic carbocycles. The maximum absolute atomic E-state index is 11.6. The van der Waals surface area contributed by atoms with Gasteiger partial charge >= 0.3 is 0 Å². The van der Waals surface area contributed by atoms with Crippen LogP contribution in [0.2, 0.25) is 0 Å². The largest absolute Gasteiger partial charge is 0.496 e. The van der Waals surface area contributed by atoms with Gasteiger partial charge in [0.15, 0.2) is 9.84 Å². The van der Waals surface area contributed by atoms with Crippen molar-refractivity contribution < 1.29 is 13.2 Å². The molecule has 0 unspecified atom stereocenters. The fourth-order valence-corrected chi connectivity index (χ4v) is 3.77. The maximum atomic E-state index is 11.6. The van der Waals surface area contributed by atoms with Crippen molar-refractivity contribution in [1.29, 1.82) is 5.41 Å². The van der Waals surface area contributed by atoms with Crippen LogP contribution < -0.4 is 10.5 Å². The van der Waals surface area contributed by atoms with Gasteiger partial charge in [0.2, 0.25) is 0 Å². The minimum atomic E-state index is -2.91. The zero-order valence-corrected chi connectivity index (χ0v) is 12.9. The van der Waals surface area contributed by atoms with Crippen LogP contribution in [0.1, 0.15) is 17.5 Å². The molecule has 1 heterocycles. The number of ether oxygens (including phenoxy) is 1. The summed E-state index contributed by atoms with van der Waals surface area (Å²) >= 11 is 0. The molecule has 2 rings (SSSR count). The summed E-state index contributed by atoms with van der Waals surface area (Å²) in [6.07, 6.45) is 0.650. The summed E-state index contributed by atoms with van der Waals surface area (Å²) in [7, 11) is -1.31. The standard InChI is InChI=1S/C14H21N3O3S/c1-20-13-4-3-11(14(15)16)9-12(13)10-17-5-2-7-21(18,19)8-6-17/h3-4,9H,2,5-8,10H2,1H3,(H3,15,16).